The van der Waals surface area contributed by atoms with E-state index in [4.69, 9.17) is 0 Å². The Hall–Kier alpha value is -2.46. The minimum atomic E-state index is -0.333. The smallest absolute Gasteiger partial charge is 0.330 e. The van der Waals surface area contributed by atoms with Gasteiger partial charge in [0.1, 0.15) is 0 Å². The van der Waals surface area contributed by atoms with Crippen LogP contribution in [-0.2, 0) is 16.0 Å². The number of ether oxygens (including phenoxy) is 1. The topological polar surface area (TPSA) is 42.4 Å². The molecule has 1 saturated heterocycles. The maximum atomic E-state index is 11.2. The van der Waals surface area contributed by atoms with E-state index >= 15 is 0 Å². The molecule has 0 unspecified atom stereocenters. The SMILES string of the molecule is COC(=O)C=Cc1ccc([C@@H]2CCCN2CCc2ccccn2)cc1. The van der Waals surface area contributed by atoms with E-state index in [0.29, 0.717) is 6.04 Å². The number of esters is 1. The first-order valence-electron chi connectivity index (χ1n) is 8.76. The molecule has 1 fully saturated rings. The standard InChI is InChI=1S/C21H24N2O2/c1-25-21(24)12-9-17-7-10-18(11-8-17)20-6-4-15-23(20)16-13-19-5-2-3-14-22-19/h2-3,5,7-12,14,20H,4,6,13,15-16H2,1H3/t20-/m0/s1. The number of nitrogens with zero attached hydrogens (tertiary/aromatic N) is 2. The summed E-state index contributed by atoms with van der Waals surface area (Å²) < 4.78 is 4.62. The van der Waals surface area contributed by atoms with Crippen molar-refractivity contribution in [3.05, 3.63) is 71.6 Å². The number of carbonyl (C=O) groups is 1. The molecule has 3 rings (SSSR count). The van der Waals surface area contributed by atoms with Gasteiger partial charge in [0.15, 0.2) is 0 Å². The number of hydrogen-bond acceptors (Lipinski definition) is 4. The summed E-state index contributed by atoms with van der Waals surface area (Å²) in [7, 11) is 1.38. The van der Waals surface area contributed by atoms with Crippen molar-refractivity contribution in [2.45, 2.75) is 25.3 Å². The highest BCUT2D eigenvalue weighted by Crippen LogP contribution is 2.32. The van der Waals surface area contributed by atoms with Gasteiger partial charge in [-0.15, -0.1) is 0 Å². The molecular formula is C21H24N2O2. The lowest BCUT2D eigenvalue weighted by Crippen LogP contribution is -2.25. The zero-order chi connectivity index (χ0) is 17.5. The van der Waals surface area contributed by atoms with Crippen molar-refractivity contribution in [1.82, 2.24) is 9.88 Å². The lowest BCUT2D eigenvalue weighted by Gasteiger charge is -2.24. The van der Waals surface area contributed by atoms with Crippen molar-refractivity contribution in [3.8, 4) is 0 Å². The Morgan fingerprint density at radius 2 is 2.12 bits per heavy atom. The fourth-order valence-electron chi connectivity index (χ4n) is 3.34. The molecule has 1 aliphatic heterocycles. The van der Waals surface area contributed by atoms with E-state index in [9.17, 15) is 4.79 Å². The summed E-state index contributed by atoms with van der Waals surface area (Å²) in [6.07, 6.45) is 8.50. The van der Waals surface area contributed by atoms with Crippen molar-refractivity contribution in [2.24, 2.45) is 0 Å². The van der Waals surface area contributed by atoms with Gasteiger partial charge in [-0.2, -0.15) is 0 Å². The molecule has 1 aromatic carbocycles. The quantitative estimate of drug-likeness (QED) is 0.596. The van der Waals surface area contributed by atoms with Crippen molar-refractivity contribution in [1.29, 1.82) is 0 Å². The van der Waals surface area contributed by atoms with E-state index in [2.05, 4.69) is 45.0 Å². The Balaban J connectivity index is 1.61. The Labute approximate surface area is 149 Å². The van der Waals surface area contributed by atoms with E-state index in [1.54, 1.807) is 6.08 Å². The van der Waals surface area contributed by atoms with Gasteiger partial charge in [0.2, 0.25) is 0 Å². The zero-order valence-corrected chi connectivity index (χ0v) is 14.6. The van der Waals surface area contributed by atoms with Gasteiger partial charge in [0, 0.05) is 37.0 Å². The summed E-state index contributed by atoms with van der Waals surface area (Å²) in [5.41, 5.74) is 3.50. The molecule has 0 spiro atoms. The van der Waals surface area contributed by atoms with E-state index in [-0.39, 0.29) is 5.97 Å². The Kier molecular flexibility index (Phi) is 5.96. The number of benzene rings is 1. The maximum absolute atomic E-state index is 11.2. The predicted molar refractivity (Wildman–Crippen MR) is 99.0 cm³/mol. The summed E-state index contributed by atoms with van der Waals surface area (Å²) in [5, 5.41) is 0. The van der Waals surface area contributed by atoms with Gasteiger partial charge in [0.25, 0.3) is 0 Å². The van der Waals surface area contributed by atoms with Gasteiger partial charge in [-0.1, -0.05) is 30.3 Å². The molecule has 4 nitrogen and oxygen atoms in total. The minimum absolute atomic E-state index is 0.333. The molecule has 1 atom stereocenters. The zero-order valence-electron chi connectivity index (χ0n) is 14.6. The van der Waals surface area contributed by atoms with Crippen LogP contribution in [0.1, 0.15) is 35.7 Å². The largest absolute Gasteiger partial charge is 0.466 e. The maximum Gasteiger partial charge on any atom is 0.330 e. The fraction of sp³-hybridized carbons (Fsp3) is 0.333. The van der Waals surface area contributed by atoms with Crippen molar-refractivity contribution < 1.29 is 9.53 Å². The van der Waals surface area contributed by atoms with Gasteiger partial charge < -0.3 is 4.74 Å². The minimum Gasteiger partial charge on any atom is -0.466 e. The highest BCUT2D eigenvalue weighted by atomic mass is 16.5. The number of rotatable bonds is 6. The predicted octanol–water partition coefficient (Wildman–Crippen LogP) is 3.65. The molecule has 0 radical (unpaired) electrons. The summed E-state index contributed by atoms with van der Waals surface area (Å²) >= 11 is 0. The Morgan fingerprint density at radius 1 is 1.28 bits per heavy atom. The van der Waals surface area contributed by atoms with Crippen LogP contribution in [0.3, 0.4) is 0 Å². The first-order chi connectivity index (χ1) is 12.3. The Bertz CT molecular complexity index is 710. The van der Waals surface area contributed by atoms with Crippen LogP contribution in [0.2, 0.25) is 0 Å². The number of aromatic nitrogens is 1. The van der Waals surface area contributed by atoms with Crippen LogP contribution in [0.15, 0.2) is 54.7 Å². The molecule has 0 N–H and O–H groups in total. The van der Waals surface area contributed by atoms with Crippen molar-refractivity contribution >= 4 is 12.0 Å². The molecule has 1 aromatic heterocycles. The average molecular weight is 336 g/mol. The van der Waals surface area contributed by atoms with Crippen LogP contribution < -0.4 is 0 Å². The number of likely N-dealkylation sites (tertiary alicyclic amines) is 1. The van der Waals surface area contributed by atoms with Gasteiger partial charge >= 0.3 is 5.97 Å². The highest BCUT2D eigenvalue weighted by molar-refractivity contribution is 5.86. The third-order valence-electron chi connectivity index (χ3n) is 4.68. The summed E-state index contributed by atoms with van der Waals surface area (Å²) in [6.45, 7) is 2.17. The van der Waals surface area contributed by atoms with Crippen LogP contribution in [0.4, 0.5) is 0 Å². The molecule has 0 aliphatic carbocycles. The third kappa shape index (κ3) is 4.77. The highest BCUT2D eigenvalue weighted by Gasteiger charge is 2.25. The lowest BCUT2D eigenvalue weighted by molar-refractivity contribution is -0.134. The monoisotopic (exact) mass is 336 g/mol. The molecule has 130 valence electrons. The van der Waals surface area contributed by atoms with Crippen LogP contribution in [0.25, 0.3) is 6.08 Å². The molecule has 25 heavy (non-hydrogen) atoms. The molecule has 1 aliphatic rings. The second-order valence-electron chi connectivity index (χ2n) is 6.29. The van der Waals surface area contributed by atoms with E-state index in [1.165, 1.54) is 31.6 Å². The normalized spacial score (nSPS) is 17.9. The lowest BCUT2D eigenvalue weighted by atomic mass is 10.0. The van der Waals surface area contributed by atoms with Gasteiger partial charge in [-0.3, -0.25) is 9.88 Å². The molecule has 2 aromatic rings. The van der Waals surface area contributed by atoms with Crippen LogP contribution >= 0.6 is 0 Å². The Morgan fingerprint density at radius 3 is 2.84 bits per heavy atom. The summed E-state index contributed by atoms with van der Waals surface area (Å²) in [4.78, 5) is 18.1. The summed E-state index contributed by atoms with van der Waals surface area (Å²) in [6, 6.07) is 15.0. The van der Waals surface area contributed by atoms with E-state index in [1.807, 2.05) is 18.3 Å². The number of methoxy groups -OCH3 is 1. The van der Waals surface area contributed by atoms with Crippen LogP contribution in [-0.4, -0.2) is 36.1 Å². The second-order valence-corrected chi connectivity index (χ2v) is 6.29. The molecule has 4 heteroatoms. The number of pyridine rings is 1. The number of hydrogen-bond donors (Lipinski definition) is 0. The number of carbonyl (C=O) groups excluding carboxylic acids is 1. The molecular weight excluding hydrogens is 312 g/mol. The van der Waals surface area contributed by atoms with Crippen LogP contribution in [0, 0.1) is 0 Å². The van der Waals surface area contributed by atoms with Gasteiger partial charge in [-0.05, 0) is 48.7 Å². The second kappa shape index (κ2) is 8.58. The van der Waals surface area contributed by atoms with Crippen molar-refractivity contribution in [3.63, 3.8) is 0 Å². The first kappa shape index (κ1) is 17.4. The molecule has 0 amide bonds. The van der Waals surface area contributed by atoms with Crippen LogP contribution in [0.5, 0.6) is 0 Å². The van der Waals surface area contributed by atoms with Gasteiger partial charge in [-0.25, -0.2) is 4.79 Å². The molecule has 2 heterocycles. The fourth-order valence-corrected chi connectivity index (χ4v) is 3.34. The first-order valence-corrected chi connectivity index (χ1v) is 8.76. The van der Waals surface area contributed by atoms with Gasteiger partial charge in [0.05, 0.1) is 7.11 Å². The van der Waals surface area contributed by atoms with E-state index in [0.717, 1.165) is 30.8 Å². The van der Waals surface area contributed by atoms with E-state index < -0.39 is 0 Å². The van der Waals surface area contributed by atoms with Crippen molar-refractivity contribution in [2.75, 3.05) is 20.2 Å². The molecule has 0 saturated carbocycles. The summed E-state index contributed by atoms with van der Waals surface area (Å²) in [5.74, 6) is -0.333. The third-order valence-corrected chi connectivity index (χ3v) is 4.68. The average Bonchev–Trinajstić information content (AvgIpc) is 3.14. The molecule has 0 bridgehead atoms.